The third-order valence-corrected chi connectivity index (χ3v) is 11.8. The number of amides is 1. The number of phenols is 1. The van der Waals surface area contributed by atoms with Gasteiger partial charge in [0.2, 0.25) is 6.29 Å². The van der Waals surface area contributed by atoms with Gasteiger partial charge in [-0.3, -0.25) is 19.6 Å². The summed E-state index contributed by atoms with van der Waals surface area (Å²) in [5.74, 6) is 0.522. The molecule has 300 valence electrons. The summed E-state index contributed by atoms with van der Waals surface area (Å²) < 4.78 is 64.3. The molecule has 0 spiro atoms. The molecule has 0 aliphatic carbocycles. The lowest BCUT2D eigenvalue weighted by Gasteiger charge is -2.41. The molecule has 1 amide bonds. The minimum Gasteiger partial charge on any atom is -0.508 e. The number of aromatic nitrogens is 3. The average molecular weight is 787 g/mol. The lowest BCUT2D eigenvalue weighted by atomic mass is 9.95. The third-order valence-electron chi connectivity index (χ3n) is 11.8. The number of hydrogen-bond acceptors (Lipinski definition) is 11. The van der Waals surface area contributed by atoms with E-state index in [-0.39, 0.29) is 70.0 Å². The van der Waals surface area contributed by atoms with Crippen molar-refractivity contribution in [2.24, 2.45) is 0 Å². The Kier molecular flexibility index (Phi) is 10.5. The largest absolute Gasteiger partial charge is 0.508 e. The molecule has 12 nitrogen and oxygen atoms in total. The van der Waals surface area contributed by atoms with Gasteiger partial charge in [-0.1, -0.05) is 25.8 Å². The minimum atomic E-state index is -0.993. The molecule has 2 aromatic carbocycles. The molecular weight excluding hydrogens is 741 g/mol. The first-order chi connectivity index (χ1) is 27.5. The number of rotatable bonds is 11. The van der Waals surface area contributed by atoms with Gasteiger partial charge in [-0.25, -0.2) is 18.0 Å². The summed E-state index contributed by atoms with van der Waals surface area (Å²) in [6.45, 7) is 5.60. The maximum Gasteiger partial charge on any atom is 0.413 e. The number of terminal acetylenes is 1. The van der Waals surface area contributed by atoms with E-state index in [9.17, 15) is 23.5 Å². The van der Waals surface area contributed by atoms with E-state index >= 15 is 4.39 Å². The monoisotopic (exact) mass is 786 g/mol. The standard InChI is InChI=1S/C42H45F3N6O6/c1-4-8-33(53)56-34(9-5-2)57-41(54)51-26-11-12-27(51)22-49(21-26)39-31-19-46-37(30-17-28(52)16-24-10-13-32(44)29(6-3)35(24)30)36(45)38(31)47-40(48-39)55-23-42-14-7-15-50(42)20-25(43)18-42/h3,10,13,16-17,19,25-27,34,52H,4-5,7-9,11-12,14-15,18,20-23H2,1-2H3/t25-,26?,27?,34?,42+/m1/s1. The quantitative estimate of drug-likeness (QED) is 0.0956. The number of alkyl halides is 1. The number of piperazine rings is 1. The second kappa shape index (κ2) is 15.5. The maximum atomic E-state index is 17.1. The van der Waals surface area contributed by atoms with Gasteiger partial charge in [0.25, 0.3) is 0 Å². The number of anilines is 1. The number of carbonyl (C=O) groups is 2. The van der Waals surface area contributed by atoms with E-state index in [4.69, 9.17) is 25.6 Å². The first-order valence-corrected chi connectivity index (χ1v) is 19.8. The summed E-state index contributed by atoms with van der Waals surface area (Å²) in [6.07, 6.45) is 9.76. The van der Waals surface area contributed by atoms with Crippen LogP contribution in [0.15, 0.2) is 30.5 Å². The number of nitrogens with zero attached hydrogens (tertiary/aromatic N) is 6. The molecule has 4 fully saturated rings. The lowest BCUT2D eigenvalue weighted by molar-refractivity contribution is -0.170. The van der Waals surface area contributed by atoms with E-state index < -0.39 is 41.7 Å². The highest BCUT2D eigenvalue weighted by molar-refractivity contribution is 6.03. The van der Waals surface area contributed by atoms with Gasteiger partial charge in [-0.05, 0) is 68.7 Å². The number of carbonyl (C=O) groups excluding carboxylic acids is 2. The van der Waals surface area contributed by atoms with E-state index in [1.807, 2.05) is 18.7 Å². The number of benzene rings is 2. The first kappa shape index (κ1) is 38.5. The predicted octanol–water partition coefficient (Wildman–Crippen LogP) is 7.02. The van der Waals surface area contributed by atoms with Crippen LogP contribution in [-0.4, -0.2) is 105 Å². The fraction of sp³-hybridized carbons (Fsp3) is 0.500. The van der Waals surface area contributed by atoms with Crippen molar-refractivity contribution < 1.29 is 42.1 Å². The van der Waals surface area contributed by atoms with Crippen LogP contribution in [-0.2, 0) is 14.3 Å². The Morgan fingerprint density at radius 2 is 1.88 bits per heavy atom. The number of aromatic hydroxyl groups is 1. The molecule has 8 rings (SSSR count). The van der Waals surface area contributed by atoms with Gasteiger partial charge in [-0.15, -0.1) is 6.42 Å². The Labute approximate surface area is 328 Å². The van der Waals surface area contributed by atoms with E-state index in [0.717, 1.165) is 19.4 Å². The topological polar surface area (TPSA) is 130 Å². The predicted molar refractivity (Wildman–Crippen MR) is 205 cm³/mol. The van der Waals surface area contributed by atoms with Crippen LogP contribution in [0.1, 0.15) is 77.2 Å². The molecule has 4 aromatic rings. The molecule has 15 heteroatoms. The number of halogens is 3. The van der Waals surface area contributed by atoms with Crippen LogP contribution in [0.5, 0.6) is 11.8 Å². The third kappa shape index (κ3) is 7.13. The highest BCUT2D eigenvalue weighted by Gasteiger charge is 2.50. The zero-order valence-corrected chi connectivity index (χ0v) is 32.0. The van der Waals surface area contributed by atoms with Gasteiger partial charge in [0.05, 0.1) is 28.6 Å². The van der Waals surface area contributed by atoms with Crippen molar-refractivity contribution in [1.29, 1.82) is 0 Å². The Morgan fingerprint density at radius 1 is 1.09 bits per heavy atom. The highest BCUT2D eigenvalue weighted by Crippen LogP contribution is 2.43. The number of fused-ring (bicyclic) bond motifs is 5. The number of pyridine rings is 1. The summed E-state index contributed by atoms with van der Waals surface area (Å²) in [6, 6.07) is 4.63. The average Bonchev–Trinajstić information content (AvgIpc) is 3.80. The fourth-order valence-corrected chi connectivity index (χ4v) is 9.25. The van der Waals surface area contributed by atoms with Crippen molar-refractivity contribution >= 4 is 39.6 Å². The number of esters is 1. The van der Waals surface area contributed by atoms with Gasteiger partial charge in [0.1, 0.15) is 41.4 Å². The Bertz CT molecular complexity index is 2260. The van der Waals surface area contributed by atoms with Gasteiger partial charge >= 0.3 is 18.1 Å². The molecule has 0 radical (unpaired) electrons. The summed E-state index contributed by atoms with van der Waals surface area (Å²) in [4.78, 5) is 45.5. The SMILES string of the molecule is C#Cc1c(F)ccc2cc(O)cc(-c3ncc4c(N5CC6CCC(C5)N6C(=O)OC(CCC)OC(=O)CCC)nc(OC[C@@]56CCCN5C[C@H](F)C6)nc4c3F)c12. The molecule has 6 heterocycles. The minimum absolute atomic E-state index is 0.0758. The zero-order chi connectivity index (χ0) is 40.0. The molecular formula is C42H45F3N6O6. The van der Waals surface area contributed by atoms with Crippen LogP contribution in [0.2, 0.25) is 0 Å². The summed E-state index contributed by atoms with van der Waals surface area (Å²) in [5.41, 5.74) is -0.900. The van der Waals surface area contributed by atoms with E-state index in [1.165, 1.54) is 30.5 Å². The molecule has 1 N–H and O–H groups in total. The summed E-state index contributed by atoms with van der Waals surface area (Å²) in [7, 11) is 0. The molecule has 4 aliphatic rings. The Hall–Kier alpha value is -5.36. The van der Waals surface area contributed by atoms with E-state index in [0.29, 0.717) is 69.4 Å². The fourth-order valence-electron chi connectivity index (χ4n) is 9.25. The van der Waals surface area contributed by atoms with Crippen molar-refractivity contribution in [3.63, 3.8) is 0 Å². The molecule has 57 heavy (non-hydrogen) atoms. The van der Waals surface area contributed by atoms with Crippen LogP contribution in [0.25, 0.3) is 32.9 Å². The van der Waals surface area contributed by atoms with Gasteiger partial charge in [-0.2, -0.15) is 9.97 Å². The number of phenolic OH excluding ortho intramolecular Hbond substituents is 1. The van der Waals surface area contributed by atoms with Crippen LogP contribution in [0.4, 0.5) is 23.8 Å². The van der Waals surface area contributed by atoms with Crippen LogP contribution in [0, 0.1) is 24.0 Å². The Balaban J connectivity index is 1.16. The second-order valence-electron chi connectivity index (χ2n) is 15.6. The molecule has 2 aromatic heterocycles. The molecule has 3 unspecified atom stereocenters. The molecule has 4 aliphatic heterocycles. The highest BCUT2D eigenvalue weighted by atomic mass is 19.1. The number of ether oxygens (including phenoxy) is 3. The normalized spacial score (nSPS) is 23.5. The summed E-state index contributed by atoms with van der Waals surface area (Å²) in [5, 5.41) is 11.5. The van der Waals surface area contributed by atoms with E-state index in [2.05, 4.69) is 20.8 Å². The second-order valence-corrected chi connectivity index (χ2v) is 15.6. The van der Waals surface area contributed by atoms with Crippen LogP contribution in [0.3, 0.4) is 0 Å². The van der Waals surface area contributed by atoms with Gasteiger partial charge < -0.3 is 24.2 Å². The molecule has 2 bridgehead atoms. The van der Waals surface area contributed by atoms with Crippen molar-refractivity contribution in [3.8, 4) is 35.4 Å². The Morgan fingerprint density at radius 3 is 2.61 bits per heavy atom. The van der Waals surface area contributed by atoms with Crippen molar-refractivity contribution in [2.45, 2.75) is 102 Å². The molecule has 4 saturated heterocycles. The molecule has 5 atom stereocenters. The number of hydrogen-bond donors (Lipinski definition) is 1. The van der Waals surface area contributed by atoms with Crippen molar-refractivity contribution in [1.82, 2.24) is 24.8 Å². The van der Waals surface area contributed by atoms with Gasteiger partial charge in [0, 0.05) is 56.0 Å². The maximum absolute atomic E-state index is 17.1. The van der Waals surface area contributed by atoms with Crippen molar-refractivity contribution in [2.75, 3.05) is 37.7 Å². The van der Waals surface area contributed by atoms with Crippen LogP contribution < -0.4 is 9.64 Å². The zero-order valence-electron chi connectivity index (χ0n) is 32.0. The van der Waals surface area contributed by atoms with Crippen molar-refractivity contribution in [3.05, 3.63) is 47.7 Å². The summed E-state index contributed by atoms with van der Waals surface area (Å²) >= 11 is 0. The lowest BCUT2D eigenvalue weighted by Crippen LogP contribution is -2.56. The smallest absolute Gasteiger partial charge is 0.413 e. The van der Waals surface area contributed by atoms with Crippen LogP contribution >= 0.6 is 0 Å². The molecule has 0 saturated carbocycles. The van der Waals surface area contributed by atoms with Gasteiger partial charge in [0.15, 0.2) is 5.82 Å². The first-order valence-electron chi connectivity index (χ1n) is 19.8. The van der Waals surface area contributed by atoms with E-state index in [1.54, 1.807) is 4.90 Å².